The number of pyridine rings is 1. The van der Waals surface area contributed by atoms with Crippen LogP contribution in [0.25, 0.3) is 0 Å². The Hall–Kier alpha value is -1.42. The molecular weight excluding hydrogens is 228 g/mol. The first kappa shape index (κ1) is 13.0. The molecule has 2 rings (SSSR count). The van der Waals surface area contributed by atoms with Crippen LogP contribution in [0.4, 0.5) is 0 Å². The average molecular weight is 248 g/mol. The number of aromatic nitrogens is 1. The molecule has 0 bridgehead atoms. The molecule has 18 heavy (non-hydrogen) atoms. The number of piperidine rings is 1. The summed E-state index contributed by atoms with van der Waals surface area (Å²) >= 11 is 0. The third-order valence-electron chi connectivity index (χ3n) is 3.51. The Morgan fingerprint density at radius 2 is 2.28 bits per heavy atom. The van der Waals surface area contributed by atoms with E-state index in [4.69, 9.17) is 4.74 Å². The van der Waals surface area contributed by atoms with E-state index < -0.39 is 0 Å². The highest BCUT2D eigenvalue weighted by Crippen LogP contribution is 2.17. The van der Waals surface area contributed by atoms with Crippen LogP contribution >= 0.6 is 0 Å². The van der Waals surface area contributed by atoms with Crippen molar-refractivity contribution in [2.75, 3.05) is 26.7 Å². The predicted molar refractivity (Wildman–Crippen MR) is 69.1 cm³/mol. The lowest BCUT2D eigenvalue weighted by Gasteiger charge is -2.31. The van der Waals surface area contributed by atoms with Crippen LogP contribution in [0.5, 0.6) is 0 Å². The first-order valence-electron chi connectivity index (χ1n) is 6.48. The number of nitrogens with zero attached hydrogens (tertiary/aromatic N) is 2. The third kappa shape index (κ3) is 3.53. The van der Waals surface area contributed by atoms with Gasteiger partial charge in [0.25, 0.3) is 0 Å². The van der Waals surface area contributed by atoms with Crippen molar-refractivity contribution in [3.8, 4) is 0 Å². The van der Waals surface area contributed by atoms with Gasteiger partial charge in [0.05, 0.1) is 13.0 Å². The van der Waals surface area contributed by atoms with Gasteiger partial charge in [-0.15, -0.1) is 0 Å². The van der Waals surface area contributed by atoms with Crippen LogP contribution in [0.1, 0.15) is 18.4 Å². The van der Waals surface area contributed by atoms with Crippen molar-refractivity contribution < 1.29 is 9.53 Å². The average Bonchev–Trinajstić information content (AvgIpc) is 2.45. The number of esters is 1. The first-order chi connectivity index (χ1) is 8.79. The number of hydrogen-bond acceptors (Lipinski definition) is 4. The van der Waals surface area contributed by atoms with Gasteiger partial charge in [-0.1, -0.05) is 0 Å². The van der Waals surface area contributed by atoms with Crippen LogP contribution in [0, 0.1) is 5.92 Å². The zero-order valence-corrected chi connectivity index (χ0v) is 10.8. The van der Waals surface area contributed by atoms with Gasteiger partial charge in [0.2, 0.25) is 0 Å². The number of hydrogen-bond donors (Lipinski definition) is 0. The fourth-order valence-corrected chi connectivity index (χ4v) is 2.45. The van der Waals surface area contributed by atoms with Gasteiger partial charge in [0.15, 0.2) is 0 Å². The summed E-state index contributed by atoms with van der Waals surface area (Å²) in [6.45, 7) is 2.91. The number of likely N-dealkylation sites (tertiary alicyclic amines) is 1. The van der Waals surface area contributed by atoms with Gasteiger partial charge in [-0.2, -0.15) is 0 Å². The van der Waals surface area contributed by atoms with E-state index >= 15 is 0 Å². The molecule has 98 valence electrons. The van der Waals surface area contributed by atoms with Gasteiger partial charge in [-0.05, 0) is 43.5 Å². The molecule has 0 amide bonds. The summed E-state index contributed by atoms with van der Waals surface area (Å²) in [6, 6.07) is 4.09. The third-order valence-corrected chi connectivity index (χ3v) is 3.51. The number of rotatable bonds is 4. The molecule has 1 aliphatic heterocycles. The van der Waals surface area contributed by atoms with Crippen LogP contribution < -0.4 is 0 Å². The molecule has 0 spiro atoms. The lowest BCUT2D eigenvalue weighted by atomic mass is 9.98. The highest BCUT2D eigenvalue weighted by atomic mass is 16.5. The van der Waals surface area contributed by atoms with Crippen LogP contribution in [0.2, 0.25) is 0 Å². The Kier molecular flexibility index (Phi) is 4.70. The van der Waals surface area contributed by atoms with E-state index in [0.717, 1.165) is 38.9 Å². The molecule has 0 radical (unpaired) electrons. The molecule has 0 saturated carbocycles. The summed E-state index contributed by atoms with van der Waals surface area (Å²) in [6.07, 6.45) is 6.69. The number of carbonyl (C=O) groups is 1. The minimum Gasteiger partial charge on any atom is -0.469 e. The summed E-state index contributed by atoms with van der Waals surface area (Å²) in [7, 11) is 1.47. The highest BCUT2D eigenvalue weighted by molar-refractivity contribution is 5.72. The number of ether oxygens (including phenoxy) is 1. The number of methoxy groups -OCH3 is 1. The van der Waals surface area contributed by atoms with E-state index in [2.05, 4.69) is 9.88 Å². The second-order valence-corrected chi connectivity index (χ2v) is 4.77. The van der Waals surface area contributed by atoms with Crippen molar-refractivity contribution in [2.24, 2.45) is 5.92 Å². The molecule has 0 aromatic carbocycles. The molecule has 1 fully saturated rings. The van der Waals surface area contributed by atoms with Gasteiger partial charge < -0.3 is 9.64 Å². The Morgan fingerprint density at radius 3 is 3.00 bits per heavy atom. The highest BCUT2D eigenvalue weighted by Gasteiger charge is 2.25. The topological polar surface area (TPSA) is 42.4 Å². The second-order valence-electron chi connectivity index (χ2n) is 4.77. The molecule has 1 saturated heterocycles. The van der Waals surface area contributed by atoms with Crippen molar-refractivity contribution in [1.29, 1.82) is 0 Å². The van der Waals surface area contributed by atoms with Crippen molar-refractivity contribution in [3.63, 3.8) is 0 Å². The SMILES string of the molecule is COC(=O)C1CCCN(CCc2ccncc2)C1. The van der Waals surface area contributed by atoms with Gasteiger partial charge in [0.1, 0.15) is 0 Å². The summed E-state index contributed by atoms with van der Waals surface area (Å²) in [4.78, 5) is 17.9. The maximum Gasteiger partial charge on any atom is 0.309 e. The molecular formula is C14H20N2O2. The zero-order valence-electron chi connectivity index (χ0n) is 10.8. The quantitative estimate of drug-likeness (QED) is 0.757. The van der Waals surface area contributed by atoms with Gasteiger partial charge in [0, 0.05) is 25.5 Å². The van der Waals surface area contributed by atoms with E-state index in [-0.39, 0.29) is 11.9 Å². The van der Waals surface area contributed by atoms with Crippen molar-refractivity contribution in [2.45, 2.75) is 19.3 Å². The normalized spacial score (nSPS) is 20.6. The van der Waals surface area contributed by atoms with Crippen LogP contribution in [0.3, 0.4) is 0 Å². The molecule has 1 atom stereocenters. The Labute approximate surface area is 108 Å². The minimum absolute atomic E-state index is 0.0567. The van der Waals surface area contributed by atoms with E-state index in [1.165, 1.54) is 12.7 Å². The van der Waals surface area contributed by atoms with Crippen LogP contribution in [-0.4, -0.2) is 42.6 Å². The minimum atomic E-state index is -0.0661. The summed E-state index contributed by atoms with van der Waals surface area (Å²) in [5.41, 5.74) is 1.30. The molecule has 1 aliphatic rings. The standard InChI is InChI=1S/C14H20N2O2/c1-18-14(17)13-3-2-9-16(11-13)10-6-12-4-7-15-8-5-12/h4-5,7-8,13H,2-3,6,9-11H2,1H3. The maximum atomic E-state index is 11.5. The Bertz CT molecular complexity index is 381. The molecule has 0 N–H and O–H groups in total. The molecule has 1 aromatic rings. The van der Waals surface area contributed by atoms with Crippen molar-refractivity contribution in [3.05, 3.63) is 30.1 Å². The Balaban J connectivity index is 1.81. The summed E-state index contributed by atoms with van der Waals surface area (Å²) < 4.78 is 4.83. The molecule has 0 aliphatic carbocycles. The second kappa shape index (κ2) is 6.50. The van der Waals surface area contributed by atoms with Gasteiger partial charge in [-0.25, -0.2) is 0 Å². The lowest BCUT2D eigenvalue weighted by molar-refractivity contribution is -0.147. The van der Waals surface area contributed by atoms with Crippen molar-refractivity contribution >= 4 is 5.97 Å². The number of carbonyl (C=O) groups excluding carboxylic acids is 1. The first-order valence-corrected chi connectivity index (χ1v) is 6.48. The summed E-state index contributed by atoms with van der Waals surface area (Å²) in [5.74, 6) is -0.00944. The zero-order chi connectivity index (χ0) is 12.8. The molecule has 2 heterocycles. The summed E-state index contributed by atoms with van der Waals surface area (Å²) in [5, 5.41) is 0. The largest absolute Gasteiger partial charge is 0.469 e. The fraction of sp³-hybridized carbons (Fsp3) is 0.571. The monoisotopic (exact) mass is 248 g/mol. The molecule has 1 aromatic heterocycles. The van der Waals surface area contributed by atoms with Crippen LogP contribution in [-0.2, 0) is 16.0 Å². The van der Waals surface area contributed by atoms with E-state index in [1.54, 1.807) is 0 Å². The fourth-order valence-electron chi connectivity index (χ4n) is 2.45. The van der Waals surface area contributed by atoms with E-state index in [1.807, 2.05) is 24.5 Å². The smallest absolute Gasteiger partial charge is 0.309 e. The van der Waals surface area contributed by atoms with Crippen LogP contribution in [0.15, 0.2) is 24.5 Å². The van der Waals surface area contributed by atoms with E-state index in [9.17, 15) is 4.79 Å². The maximum absolute atomic E-state index is 11.5. The Morgan fingerprint density at radius 1 is 1.50 bits per heavy atom. The van der Waals surface area contributed by atoms with E-state index in [0.29, 0.717) is 0 Å². The molecule has 4 nitrogen and oxygen atoms in total. The molecule has 4 heteroatoms. The van der Waals surface area contributed by atoms with Gasteiger partial charge in [-0.3, -0.25) is 9.78 Å². The molecule has 1 unspecified atom stereocenters. The predicted octanol–water partition coefficient (Wildman–Crippen LogP) is 1.51. The van der Waals surface area contributed by atoms with Gasteiger partial charge >= 0.3 is 5.97 Å². The lowest BCUT2D eigenvalue weighted by Crippen LogP contribution is -2.40. The van der Waals surface area contributed by atoms with Crippen molar-refractivity contribution in [1.82, 2.24) is 9.88 Å².